The molecule has 3 rings (SSSR count). The molecule has 1 aliphatic heterocycles. The number of ether oxygens (including phenoxy) is 1. The minimum atomic E-state index is -4.11. The maximum Gasteiger partial charge on any atom is 0.414 e. The number of hydrogen-bond donors (Lipinski definition) is 2. The van der Waals surface area contributed by atoms with Crippen LogP contribution in [0.4, 0.5) is 4.79 Å². The van der Waals surface area contributed by atoms with E-state index in [4.69, 9.17) is 4.74 Å². The Morgan fingerprint density at radius 3 is 2.44 bits per heavy atom. The highest BCUT2D eigenvalue weighted by molar-refractivity contribution is 7.89. The summed E-state index contributed by atoms with van der Waals surface area (Å²) in [6.45, 7) is 0.101. The van der Waals surface area contributed by atoms with Crippen LogP contribution in [0.5, 0.6) is 5.75 Å². The molecule has 0 radical (unpaired) electrons. The van der Waals surface area contributed by atoms with Crippen LogP contribution in [0, 0.1) is 0 Å². The van der Waals surface area contributed by atoms with Crippen molar-refractivity contribution in [2.75, 3.05) is 20.6 Å². The first kappa shape index (κ1) is 25.1. The normalized spacial score (nSPS) is 17.1. The topological polar surface area (TPSA) is 159 Å². The summed E-state index contributed by atoms with van der Waals surface area (Å²) in [7, 11) is -1.03. The first-order valence-corrected chi connectivity index (χ1v) is 11.8. The van der Waals surface area contributed by atoms with E-state index in [1.54, 1.807) is 26.2 Å². The number of hydrogen-bond acceptors (Lipinski definition) is 8. The molecule has 0 aliphatic carbocycles. The second-order valence-electron chi connectivity index (χ2n) is 7.82. The van der Waals surface area contributed by atoms with Crippen LogP contribution in [0.1, 0.15) is 18.4 Å². The van der Waals surface area contributed by atoms with E-state index in [0.717, 1.165) is 4.31 Å². The zero-order valence-corrected chi connectivity index (χ0v) is 19.4. The lowest BCUT2D eigenvalue weighted by Crippen LogP contribution is -2.51. The van der Waals surface area contributed by atoms with E-state index in [-0.39, 0.29) is 25.1 Å². The molecular weight excluding hydrogens is 466 g/mol. The fourth-order valence-electron chi connectivity index (χ4n) is 3.40. The second kappa shape index (κ2) is 10.6. The maximum atomic E-state index is 12.9. The van der Waals surface area contributed by atoms with Gasteiger partial charge in [0.2, 0.25) is 5.91 Å². The first-order valence-electron chi connectivity index (χ1n) is 10.4. The van der Waals surface area contributed by atoms with Gasteiger partial charge in [0.25, 0.3) is 15.2 Å². The third-order valence-electron chi connectivity index (χ3n) is 5.14. The molecule has 2 N–H and O–H groups in total. The Kier molecular flexibility index (Phi) is 7.79. The Morgan fingerprint density at radius 2 is 1.85 bits per heavy atom. The standard InChI is InChI=1S/C21H25N5O7S/c1-25(2)21(30)33-15-8-6-14(7-9-15)13-16(19(28)29)24-18(27)17-5-3-12-26(17)34(31,32)20-22-10-4-11-23-20/h4,6-11,16-17H,3,5,12-13H2,1-2H3,(H,24,27)(H,28,29)/t16-,17-/m0/s1. The Balaban J connectivity index is 1.69. The number of benzene rings is 1. The molecule has 1 aromatic heterocycles. The van der Waals surface area contributed by atoms with Gasteiger partial charge in [0.05, 0.1) is 0 Å². The van der Waals surface area contributed by atoms with Crippen LogP contribution in [0.2, 0.25) is 0 Å². The molecule has 2 aromatic rings. The molecule has 2 heterocycles. The van der Waals surface area contributed by atoms with Crippen molar-refractivity contribution in [3.05, 3.63) is 48.3 Å². The van der Waals surface area contributed by atoms with E-state index in [9.17, 15) is 27.9 Å². The number of carboxylic acid groups (broad SMARTS) is 1. The highest BCUT2D eigenvalue weighted by Crippen LogP contribution is 2.24. The summed E-state index contributed by atoms with van der Waals surface area (Å²) in [4.78, 5) is 45.1. The molecule has 13 heteroatoms. The minimum absolute atomic E-state index is 0.0513. The average molecular weight is 492 g/mol. The number of nitrogens with one attached hydrogen (secondary N) is 1. The van der Waals surface area contributed by atoms with E-state index in [2.05, 4.69) is 15.3 Å². The summed E-state index contributed by atoms with van der Waals surface area (Å²) < 4.78 is 31.9. The number of amides is 2. The molecule has 0 unspecified atom stereocenters. The van der Waals surface area contributed by atoms with Crippen molar-refractivity contribution in [2.24, 2.45) is 0 Å². The Hall–Kier alpha value is -3.58. The average Bonchev–Trinajstić information content (AvgIpc) is 3.31. The molecule has 2 atom stereocenters. The second-order valence-corrected chi connectivity index (χ2v) is 9.60. The van der Waals surface area contributed by atoms with Gasteiger partial charge in [-0.25, -0.2) is 28.0 Å². The summed E-state index contributed by atoms with van der Waals surface area (Å²) >= 11 is 0. The van der Waals surface area contributed by atoms with Crippen LogP contribution in [0.3, 0.4) is 0 Å². The van der Waals surface area contributed by atoms with Gasteiger partial charge < -0.3 is 20.1 Å². The van der Waals surface area contributed by atoms with Gasteiger partial charge in [-0.2, -0.15) is 4.31 Å². The van der Waals surface area contributed by atoms with Crippen LogP contribution >= 0.6 is 0 Å². The van der Waals surface area contributed by atoms with Gasteiger partial charge in [-0.15, -0.1) is 0 Å². The Bertz CT molecular complexity index is 1140. The third-order valence-corrected chi connectivity index (χ3v) is 6.86. The smallest absolute Gasteiger partial charge is 0.414 e. The van der Waals surface area contributed by atoms with Crippen molar-refractivity contribution >= 4 is 28.0 Å². The number of carboxylic acids is 1. The van der Waals surface area contributed by atoms with Gasteiger partial charge in [0.1, 0.15) is 17.8 Å². The summed E-state index contributed by atoms with van der Waals surface area (Å²) in [6, 6.07) is 5.32. The highest BCUT2D eigenvalue weighted by Gasteiger charge is 2.41. The lowest BCUT2D eigenvalue weighted by atomic mass is 10.1. The van der Waals surface area contributed by atoms with Crippen LogP contribution in [-0.2, 0) is 26.0 Å². The van der Waals surface area contributed by atoms with Crippen molar-refractivity contribution in [3.8, 4) is 5.75 Å². The molecule has 182 valence electrons. The number of aromatic nitrogens is 2. The lowest BCUT2D eigenvalue weighted by Gasteiger charge is -2.24. The molecule has 0 bridgehead atoms. The number of carbonyl (C=O) groups is 3. The van der Waals surface area contributed by atoms with Crippen molar-refractivity contribution in [1.82, 2.24) is 24.5 Å². The van der Waals surface area contributed by atoms with E-state index in [1.807, 2.05) is 0 Å². The van der Waals surface area contributed by atoms with Gasteiger partial charge in [-0.3, -0.25) is 4.79 Å². The number of sulfonamides is 1. The van der Waals surface area contributed by atoms with Gasteiger partial charge in [0.15, 0.2) is 0 Å². The fraction of sp³-hybridized carbons (Fsp3) is 0.381. The number of rotatable bonds is 8. The Labute approximate surface area is 196 Å². The van der Waals surface area contributed by atoms with Crippen LogP contribution < -0.4 is 10.1 Å². The largest absolute Gasteiger partial charge is 0.480 e. The summed E-state index contributed by atoms with van der Waals surface area (Å²) in [6.07, 6.45) is 2.66. The van der Waals surface area contributed by atoms with E-state index in [0.29, 0.717) is 12.0 Å². The van der Waals surface area contributed by atoms with Crippen molar-refractivity contribution < 1.29 is 32.6 Å². The van der Waals surface area contributed by atoms with Crippen molar-refractivity contribution in [3.63, 3.8) is 0 Å². The summed E-state index contributed by atoms with van der Waals surface area (Å²) in [5.74, 6) is -1.69. The molecule has 1 saturated heterocycles. The fourth-order valence-corrected chi connectivity index (χ4v) is 4.91. The minimum Gasteiger partial charge on any atom is -0.480 e. The van der Waals surface area contributed by atoms with E-state index in [1.165, 1.54) is 35.5 Å². The predicted molar refractivity (Wildman–Crippen MR) is 118 cm³/mol. The SMILES string of the molecule is CN(C)C(=O)Oc1ccc(C[C@H](NC(=O)[C@@H]2CCCN2S(=O)(=O)c2ncccn2)C(=O)O)cc1. The molecule has 1 aliphatic rings. The van der Waals surface area contributed by atoms with Gasteiger partial charge in [0, 0.05) is 39.5 Å². The molecule has 0 saturated carbocycles. The number of aliphatic carboxylic acids is 1. The predicted octanol–water partition coefficient (Wildman–Crippen LogP) is 0.502. The van der Waals surface area contributed by atoms with Gasteiger partial charge in [-0.05, 0) is 36.6 Å². The van der Waals surface area contributed by atoms with Crippen LogP contribution in [0.25, 0.3) is 0 Å². The molecule has 12 nitrogen and oxygen atoms in total. The highest BCUT2D eigenvalue weighted by atomic mass is 32.2. The van der Waals surface area contributed by atoms with Gasteiger partial charge >= 0.3 is 12.1 Å². The van der Waals surface area contributed by atoms with E-state index < -0.39 is 45.2 Å². The monoisotopic (exact) mass is 491 g/mol. The summed E-state index contributed by atoms with van der Waals surface area (Å²) in [5.41, 5.74) is 0.575. The molecule has 0 spiro atoms. The quantitative estimate of drug-likeness (QED) is 0.501. The van der Waals surface area contributed by atoms with Crippen molar-refractivity contribution in [2.45, 2.75) is 36.5 Å². The third kappa shape index (κ3) is 5.85. The molecule has 1 aromatic carbocycles. The zero-order chi connectivity index (χ0) is 24.9. The van der Waals surface area contributed by atoms with E-state index >= 15 is 0 Å². The number of carbonyl (C=O) groups excluding carboxylic acids is 2. The molecule has 34 heavy (non-hydrogen) atoms. The van der Waals surface area contributed by atoms with Crippen molar-refractivity contribution in [1.29, 1.82) is 0 Å². The number of nitrogens with zero attached hydrogens (tertiary/aromatic N) is 4. The zero-order valence-electron chi connectivity index (χ0n) is 18.6. The molecular formula is C21H25N5O7S. The first-order chi connectivity index (χ1) is 16.1. The summed E-state index contributed by atoms with van der Waals surface area (Å²) in [5, 5.41) is 11.7. The Morgan fingerprint density at radius 1 is 1.21 bits per heavy atom. The van der Waals surface area contributed by atoms with Crippen LogP contribution in [0.15, 0.2) is 47.9 Å². The lowest BCUT2D eigenvalue weighted by molar-refractivity contribution is -0.142. The van der Waals surface area contributed by atoms with Gasteiger partial charge in [-0.1, -0.05) is 12.1 Å². The van der Waals surface area contributed by atoms with Crippen LogP contribution in [-0.4, -0.2) is 83.4 Å². The molecule has 1 fully saturated rings. The molecule has 2 amide bonds. The maximum absolute atomic E-state index is 12.9.